The molecule has 1 atom stereocenters. The molecular formula is C21H19Cl2N3O5. The van der Waals surface area contributed by atoms with Crippen molar-refractivity contribution in [2.24, 2.45) is 5.92 Å². The number of hydrogen-bond acceptors (Lipinski definition) is 5. The van der Waals surface area contributed by atoms with Gasteiger partial charge in [-0.1, -0.05) is 41.4 Å². The lowest BCUT2D eigenvalue weighted by molar-refractivity contribution is -0.151. The molecule has 0 aliphatic carbocycles. The summed E-state index contributed by atoms with van der Waals surface area (Å²) in [5.74, 6) is -2.98. The predicted molar refractivity (Wildman–Crippen MR) is 115 cm³/mol. The zero-order valence-electron chi connectivity index (χ0n) is 16.5. The number of nitrogens with one attached hydrogen (secondary N) is 2. The topological polar surface area (TPSA) is 105 Å². The SMILES string of the molecule is Cc1ccccc1C(=O)NN1C[C@H](C(=O)OCC(=O)Nc2cc(Cl)ccc2Cl)CC1=O. The van der Waals surface area contributed by atoms with Crippen molar-refractivity contribution in [3.05, 3.63) is 63.6 Å². The molecule has 2 aromatic rings. The fourth-order valence-electron chi connectivity index (χ4n) is 3.02. The van der Waals surface area contributed by atoms with Crippen LogP contribution in [0.3, 0.4) is 0 Å². The van der Waals surface area contributed by atoms with Crippen LogP contribution < -0.4 is 10.7 Å². The van der Waals surface area contributed by atoms with E-state index >= 15 is 0 Å². The van der Waals surface area contributed by atoms with Gasteiger partial charge in [-0.3, -0.25) is 29.6 Å². The number of esters is 1. The van der Waals surface area contributed by atoms with Crippen molar-refractivity contribution in [1.82, 2.24) is 10.4 Å². The number of hydrazine groups is 1. The van der Waals surface area contributed by atoms with Gasteiger partial charge in [0.25, 0.3) is 11.8 Å². The molecule has 162 valence electrons. The minimum absolute atomic E-state index is 0.0446. The van der Waals surface area contributed by atoms with Gasteiger partial charge in [0.1, 0.15) is 0 Å². The van der Waals surface area contributed by atoms with Crippen molar-refractivity contribution in [3.8, 4) is 0 Å². The van der Waals surface area contributed by atoms with Crippen LogP contribution in [0.2, 0.25) is 10.0 Å². The third-order valence-corrected chi connectivity index (χ3v) is 5.20. The molecule has 2 aromatic carbocycles. The van der Waals surface area contributed by atoms with Crippen molar-refractivity contribution in [3.63, 3.8) is 0 Å². The van der Waals surface area contributed by atoms with Crippen LogP contribution in [0.1, 0.15) is 22.3 Å². The number of rotatable bonds is 6. The van der Waals surface area contributed by atoms with E-state index in [1.165, 1.54) is 12.1 Å². The zero-order chi connectivity index (χ0) is 22.5. The van der Waals surface area contributed by atoms with Gasteiger partial charge in [0.15, 0.2) is 6.61 Å². The van der Waals surface area contributed by atoms with E-state index in [-0.39, 0.29) is 23.7 Å². The summed E-state index contributed by atoms with van der Waals surface area (Å²) in [6.45, 7) is 1.18. The molecule has 0 spiro atoms. The number of anilines is 1. The number of hydrogen-bond donors (Lipinski definition) is 2. The van der Waals surface area contributed by atoms with Gasteiger partial charge in [0, 0.05) is 17.0 Å². The van der Waals surface area contributed by atoms with Crippen LogP contribution in [0, 0.1) is 12.8 Å². The third-order valence-electron chi connectivity index (χ3n) is 4.63. The lowest BCUT2D eigenvalue weighted by Crippen LogP contribution is -2.43. The summed E-state index contributed by atoms with van der Waals surface area (Å²) in [5.41, 5.74) is 3.98. The summed E-state index contributed by atoms with van der Waals surface area (Å²) >= 11 is 11.8. The van der Waals surface area contributed by atoms with Crippen LogP contribution in [0.25, 0.3) is 0 Å². The van der Waals surface area contributed by atoms with Gasteiger partial charge in [-0.05, 0) is 36.8 Å². The van der Waals surface area contributed by atoms with Gasteiger partial charge >= 0.3 is 5.97 Å². The number of carbonyl (C=O) groups excluding carboxylic acids is 4. The number of halogens is 2. The highest BCUT2D eigenvalue weighted by Gasteiger charge is 2.36. The first-order valence-corrected chi connectivity index (χ1v) is 10.1. The highest BCUT2D eigenvalue weighted by atomic mass is 35.5. The maximum absolute atomic E-state index is 12.4. The van der Waals surface area contributed by atoms with Crippen molar-refractivity contribution in [2.45, 2.75) is 13.3 Å². The van der Waals surface area contributed by atoms with Crippen LogP contribution in [-0.2, 0) is 19.1 Å². The van der Waals surface area contributed by atoms with E-state index in [9.17, 15) is 19.2 Å². The number of aryl methyl sites for hydroxylation is 1. The molecule has 1 aliphatic heterocycles. The summed E-state index contributed by atoms with van der Waals surface area (Å²) in [6.07, 6.45) is -0.130. The van der Waals surface area contributed by atoms with Gasteiger partial charge in [-0.25, -0.2) is 0 Å². The van der Waals surface area contributed by atoms with E-state index in [0.29, 0.717) is 10.6 Å². The van der Waals surface area contributed by atoms with E-state index in [2.05, 4.69) is 10.7 Å². The number of amides is 3. The summed E-state index contributed by atoms with van der Waals surface area (Å²) in [7, 11) is 0. The van der Waals surface area contributed by atoms with Gasteiger partial charge in [0.05, 0.1) is 23.2 Å². The molecule has 10 heteroatoms. The minimum Gasteiger partial charge on any atom is -0.455 e. The Morgan fingerprint density at radius 2 is 1.90 bits per heavy atom. The average molecular weight is 464 g/mol. The van der Waals surface area contributed by atoms with Crippen molar-refractivity contribution >= 4 is 52.6 Å². The molecule has 1 saturated heterocycles. The Morgan fingerprint density at radius 3 is 2.65 bits per heavy atom. The Hall–Kier alpha value is -3.10. The highest BCUT2D eigenvalue weighted by Crippen LogP contribution is 2.25. The average Bonchev–Trinajstić information content (AvgIpc) is 3.09. The molecule has 3 rings (SSSR count). The Morgan fingerprint density at radius 1 is 1.16 bits per heavy atom. The summed E-state index contributed by atoms with van der Waals surface area (Å²) in [6, 6.07) is 11.5. The molecule has 31 heavy (non-hydrogen) atoms. The Labute approximate surface area is 188 Å². The lowest BCUT2D eigenvalue weighted by atomic mass is 10.1. The van der Waals surface area contributed by atoms with Gasteiger partial charge in [-0.15, -0.1) is 0 Å². The molecule has 1 heterocycles. The lowest BCUT2D eigenvalue weighted by Gasteiger charge is -2.18. The highest BCUT2D eigenvalue weighted by molar-refractivity contribution is 6.35. The number of nitrogens with zero attached hydrogens (tertiary/aromatic N) is 1. The van der Waals surface area contributed by atoms with E-state index in [0.717, 1.165) is 10.6 Å². The van der Waals surface area contributed by atoms with Crippen LogP contribution in [0.15, 0.2) is 42.5 Å². The fraction of sp³-hybridized carbons (Fsp3) is 0.238. The first kappa shape index (κ1) is 22.6. The summed E-state index contributed by atoms with van der Waals surface area (Å²) in [4.78, 5) is 48.9. The summed E-state index contributed by atoms with van der Waals surface area (Å²) in [5, 5.41) is 4.25. The Balaban J connectivity index is 1.51. The van der Waals surface area contributed by atoms with Crippen molar-refractivity contribution in [1.29, 1.82) is 0 Å². The van der Waals surface area contributed by atoms with Crippen LogP contribution in [-0.4, -0.2) is 41.9 Å². The molecule has 8 nitrogen and oxygen atoms in total. The largest absolute Gasteiger partial charge is 0.455 e. The smallest absolute Gasteiger partial charge is 0.311 e. The molecule has 0 unspecified atom stereocenters. The Kier molecular flexibility index (Phi) is 7.14. The zero-order valence-corrected chi connectivity index (χ0v) is 18.0. The van der Waals surface area contributed by atoms with E-state index < -0.39 is 36.2 Å². The normalized spacial score (nSPS) is 15.5. The quantitative estimate of drug-likeness (QED) is 0.640. The third kappa shape index (κ3) is 5.74. The summed E-state index contributed by atoms with van der Waals surface area (Å²) < 4.78 is 5.02. The molecule has 1 aliphatic rings. The van der Waals surface area contributed by atoms with E-state index in [1.54, 1.807) is 37.3 Å². The van der Waals surface area contributed by atoms with E-state index in [4.69, 9.17) is 27.9 Å². The number of carbonyl (C=O) groups is 4. The van der Waals surface area contributed by atoms with Gasteiger partial charge in [0.2, 0.25) is 5.91 Å². The van der Waals surface area contributed by atoms with Gasteiger partial charge in [-0.2, -0.15) is 0 Å². The first-order chi connectivity index (χ1) is 14.7. The Bertz CT molecular complexity index is 1040. The molecule has 2 N–H and O–H groups in total. The molecule has 0 aromatic heterocycles. The second kappa shape index (κ2) is 9.80. The second-order valence-electron chi connectivity index (χ2n) is 6.94. The van der Waals surface area contributed by atoms with Crippen molar-refractivity contribution < 1.29 is 23.9 Å². The standard InChI is InChI=1S/C21H19Cl2N3O5/c1-12-4-2-3-5-15(12)20(29)25-26-10-13(8-19(26)28)21(30)31-11-18(27)24-17-9-14(22)6-7-16(17)23/h2-7,9,13H,8,10-11H2,1H3,(H,24,27)(H,25,29)/t13-/m1/s1. The second-order valence-corrected chi connectivity index (χ2v) is 7.78. The van der Waals surface area contributed by atoms with Crippen LogP contribution in [0.5, 0.6) is 0 Å². The maximum Gasteiger partial charge on any atom is 0.311 e. The monoisotopic (exact) mass is 463 g/mol. The molecule has 0 saturated carbocycles. The molecule has 1 fully saturated rings. The first-order valence-electron chi connectivity index (χ1n) is 9.33. The van der Waals surface area contributed by atoms with Crippen LogP contribution >= 0.6 is 23.2 Å². The minimum atomic E-state index is -0.799. The van der Waals surface area contributed by atoms with Crippen LogP contribution in [0.4, 0.5) is 5.69 Å². The van der Waals surface area contributed by atoms with E-state index in [1.807, 2.05) is 0 Å². The predicted octanol–water partition coefficient (Wildman–Crippen LogP) is 2.98. The molecule has 0 bridgehead atoms. The molecule has 3 amide bonds. The molecular weight excluding hydrogens is 445 g/mol. The fourth-order valence-corrected chi connectivity index (χ4v) is 3.36. The molecule has 0 radical (unpaired) electrons. The van der Waals surface area contributed by atoms with Crippen molar-refractivity contribution in [2.75, 3.05) is 18.5 Å². The maximum atomic E-state index is 12.4. The number of ether oxygens (including phenoxy) is 1. The number of benzene rings is 2. The van der Waals surface area contributed by atoms with Gasteiger partial charge < -0.3 is 10.1 Å².